The molecule has 0 aliphatic heterocycles. The second kappa shape index (κ2) is 7.17. The molecule has 1 N–H and O–H groups in total. The minimum Gasteiger partial charge on any atom is -0.462 e. The molecular formula is C16H23NO2. The molecular weight excluding hydrogens is 238 g/mol. The average Bonchev–Trinajstić information content (AvgIpc) is 2.43. The Morgan fingerprint density at radius 1 is 1.21 bits per heavy atom. The molecule has 1 aliphatic rings. The second-order valence-corrected chi connectivity index (χ2v) is 5.41. The fraction of sp³-hybridized carbons (Fsp3) is 0.562. The van der Waals surface area contributed by atoms with E-state index < -0.39 is 0 Å². The molecule has 0 spiro atoms. The quantitative estimate of drug-likeness (QED) is 0.823. The Kier molecular flexibility index (Phi) is 5.25. The largest absolute Gasteiger partial charge is 0.462 e. The van der Waals surface area contributed by atoms with E-state index in [1.165, 1.54) is 12.8 Å². The van der Waals surface area contributed by atoms with E-state index in [-0.39, 0.29) is 12.1 Å². The van der Waals surface area contributed by atoms with Gasteiger partial charge in [-0.25, -0.2) is 0 Å². The Balaban J connectivity index is 1.62. The Morgan fingerprint density at radius 2 is 1.89 bits per heavy atom. The molecule has 1 aromatic rings. The van der Waals surface area contributed by atoms with Crippen LogP contribution in [0.25, 0.3) is 0 Å². The van der Waals surface area contributed by atoms with Crippen molar-refractivity contribution in [2.24, 2.45) is 5.92 Å². The summed E-state index contributed by atoms with van der Waals surface area (Å²) in [4.78, 5) is 11.7. The summed E-state index contributed by atoms with van der Waals surface area (Å²) >= 11 is 0. The number of rotatable bonds is 5. The Labute approximate surface area is 115 Å². The smallest absolute Gasteiger partial charge is 0.307 e. The van der Waals surface area contributed by atoms with E-state index in [0.717, 1.165) is 24.4 Å². The van der Waals surface area contributed by atoms with Crippen LogP contribution in [0, 0.1) is 5.92 Å². The van der Waals surface area contributed by atoms with E-state index >= 15 is 0 Å². The zero-order valence-corrected chi connectivity index (χ0v) is 11.6. The van der Waals surface area contributed by atoms with Crippen molar-refractivity contribution in [3.63, 3.8) is 0 Å². The van der Waals surface area contributed by atoms with Crippen molar-refractivity contribution in [3.8, 4) is 0 Å². The molecule has 104 valence electrons. The first-order chi connectivity index (χ1) is 9.24. The van der Waals surface area contributed by atoms with Crippen LogP contribution < -0.4 is 5.32 Å². The molecule has 0 saturated heterocycles. The van der Waals surface area contributed by atoms with Gasteiger partial charge in [0.05, 0.1) is 6.42 Å². The van der Waals surface area contributed by atoms with E-state index in [0.29, 0.717) is 13.0 Å². The molecule has 0 radical (unpaired) electrons. The molecule has 2 rings (SSSR count). The summed E-state index contributed by atoms with van der Waals surface area (Å²) in [5, 5.41) is 3.22. The maximum atomic E-state index is 11.7. The highest BCUT2D eigenvalue weighted by Crippen LogP contribution is 2.25. The first-order valence-corrected chi connectivity index (χ1v) is 7.22. The summed E-state index contributed by atoms with van der Waals surface area (Å²) in [6.45, 7) is 2.90. The van der Waals surface area contributed by atoms with Crippen LogP contribution in [-0.4, -0.2) is 18.6 Å². The molecule has 3 heteroatoms. The highest BCUT2D eigenvalue weighted by atomic mass is 16.5. The number of carbonyl (C=O) groups is 1. The molecule has 1 aromatic carbocycles. The molecule has 0 heterocycles. The highest BCUT2D eigenvalue weighted by molar-refractivity contribution is 5.70. The van der Waals surface area contributed by atoms with Gasteiger partial charge in [-0.2, -0.15) is 0 Å². The monoisotopic (exact) mass is 261 g/mol. The molecule has 19 heavy (non-hydrogen) atoms. The molecule has 0 atom stereocenters. The topological polar surface area (TPSA) is 38.3 Å². The zero-order chi connectivity index (χ0) is 13.5. The number of para-hydroxylation sites is 1. The van der Waals surface area contributed by atoms with Gasteiger partial charge in [0, 0.05) is 12.2 Å². The first-order valence-electron chi connectivity index (χ1n) is 7.22. The van der Waals surface area contributed by atoms with Gasteiger partial charge in [-0.15, -0.1) is 0 Å². The summed E-state index contributed by atoms with van der Waals surface area (Å²) in [5.41, 5.74) is 1.04. The number of ether oxygens (including phenoxy) is 1. The van der Waals surface area contributed by atoms with Crippen molar-refractivity contribution < 1.29 is 9.53 Å². The number of anilines is 1. The number of carbonyl (C=O) groups excluding carboxylic acids is 1. The van der Waals surface area contributed by atoms with Crippen LogP contribution in [0.4, 0.5) is 5.69 Å². The summed E-state index contributed by atoms with van der Waals surface area (Å²) in [6.07, 6.45) is 5.00. The lowest BCUT2D eigenvalue weighted by atomic mass is 9.89. The molecule has 0 amide bonds. The summed E-state index contributed by atoms with van der Waals surface area (Å²) < 4.78 is 5.50. The Bertz CT molecular complexity index is 383. The third kappa shape index (κ3) is 4.93. The van der Waals surface area contributed by atoms with Gasteiger partial charge in [0.15, 0.2) is 0 Å². The second-order valence-electron chi connectivity index (χ2n) is 5.41. The Morgan fingerprint density at radius 3 is 2.58 bits per heavy atom. The van der Waals surface area contributed by atoms with E-state index in [9.17, 15) is 4.79 Å². The molecule has 0 bridgehead atoms. The number of benzene rings is 1. The average molecular weight is 261 g/mol. The van der Waals surface area contributed by atoms with Gasteiger partial charge in [-0.1, -0.05) is 25.1 Å². The van der Waals surface area contributed by atoms with Crippen LogP contribution in [0.5, 0.6) is 0 Å². The molecule has 0 unspecified atom stereocenters. The van der Waals surface area contributed by atoms with Crippen molar-refractivity contribution in [2.45, 2.75) is 45.1 Å². The first kappa shape index (κ1) is 13.9. The third-order valence-corrected chi connectivity index (χ3v) is 3.69. The van der Waals surface area contributed by atoms with Crippen LogP contribution in [0.2, 0.25) is 0 Å². The highest BCUT2D eigenvalue weighted by Gasteiger charge is 2.21. The molecule has 1 fully saturated rings. The number of nitrogens with one attached hydrogen (secondary N) is 1. The van der Waals surface area contributed by atoms with Gasteiger partial charge in [0.25, 0.3) is 0 Å². The van der Waals surface area contributed by atoms with Crippen molar-refractivity contribution in [3.05, 3.63) is 30.3 Å². The Hall–Kier alpha value is -1.51. The minimum absolute atomic E-state index is 0.0806. The number of hydrogen-bond donors (Lipinski definition) is 1. The lowest BCUT2D eigenvalue weighted by molar-refractivity contribution is -0.150. The summed E-state index contributed by atoms with van der Waals surface area (Å²) in [5.74, 6) is 0.706. The molecule has 1 aliphatic carbocycles. The SMILES string of the molecule is CC1CCC(OC(=O)CCNc2ccccc2)CC1. The van der Waals surface area contributed by atoms with Crippen LogP contribution >= 0.6 is 0 Å². The van der Waals surface area contributed by atoms with Gasteiger partial charge in [0.1, 0.15) is 6.10 Å². The van der Waals surface area contributed by atoms with Crippen molar-refractivity contribution in [1.29, 1.82) is 0 Å². The van der Waals surface area contributed by atoms with Crippen LogP contribution in [0.15, 0.2) is 30.3 Å². The standard InChI is InChI=1S/C16H23NO2/c1-13-7-9-15(10-8-13)19-16(18)11-12-17-14-5-3-2-4-6-14/h2-6,13,15,17H,7-12H2,1H3. The summed E-state index contributed by atoms with van der Waals surface area (Å²) in [6, 6.07) is 9.92. The van der Waals surface area contributed by atoms with Gasteiger partial charge in [-0.3, -0.25) is 4.79 Å². The lowest BCUT2D eigenvalue weighted by Crippen LogP contribution is -2.24. The lowest BCUT2D eigenvalue weighted by Gasteiger charge is -2.26. The molecule has 3 nitrogen and oxygen atoms in total. The maximum absolute atomic E-state index is 11.7. The van der Waals surface area contributed by atoms with Crippen molar-refractivity contribution in [2.75, 3.05) is 11.9 Å². The van der Waals surface area contributed by atoms with E-state index in [1.54, 1.807) is 0 Å². The number of esters is 1. The van der Waals surface area contributed by atoms with Crippen LogP contribution in [0.1, 0.15) is 39.0 Å². The van der Waals surface area contributed by atoms with Gasteiger partial charge < -0.3 is 10.1 Å². The molecule has 1 saturated carbocycles. The summed E-state index contributed by atoms with van der Waals surface area (Å²) in [7, 11) is 0. The van der Waals surface area contributed by atoms with Crippen molar-refractivity contribution in [1.82, 2.24) is 0 Å². The zero-order valence-electron chi connectivity index (χ0n) is 11.6. The van der Waals surface area contributed by atoms with E-state index in [4.69, 9.17) is 4.74 Å². The predicted octanol–water partition coefficient (Wildman–Crippen LogP) is 3.61. The van der Waals surface area contributed by atoms with E-state index in [1.807, 2.05) is 30.3 Å². The minimum atomic E-state index is -0.0806. The van der Waals surface area contributed by atoms with Gasteiger partial charge in [0.2, 0.25) is 0 Å². The fourth-order valence-corrected chi connectivity index (χ4v) is 2.46. The number of hydrogen-bond acceptors (Lipinski definition) is 3. The van der Waals surface area contributed by atoms with E-state index in [2.05, 4.69) is 12.2 Å². The van der Waals surface area contributed by atoms with Gasteiger partial charge >= 0.3 is 5.97 Å². The predicted molar refractivity (Wildman–Crippen MR) is 77.1 cm³/mol. The normalized spacial score (nSPS) is 22.8. The van der Waals surface area contributed by atoms with Gasteiger partial charge in [-0.05, 0) is 43.7 Å². The van der Waals surface area contributed by atoms with Crippen molar-refractivity contribution >= 4 is 11.7 Å². The van der Waals surface area contributed by atoms with Crippen LogP contribution in [-0.2, 0) is 9.53 Å². The fourth-order valence-electron chi connectivity index (χ4n) is 2.46. The maximum Gasteiger partial charge on any atom is 0.307 e. The third-order valence-electron chi connectivity index (χ3n) is 3.69. The van der Waals surface area contributed by atoms with Crippen LogP contribution in [0.3, 0.4) is 0 Å². The molecule has 0 aromatic heterocycles.